The molecule has 2 nitrogen and oxygen atoms in total. The van der Waals surface area contributed by atoms with Crippen molar-refractivity contribution in [2.45, 2.75) is 47.1 Å². The zero-order valence-corrected chi connectivity index (χ0v) is 12.4. The van der Waals surface area contributed by atoms with Crippen molar-refractivity contribution in [1.29, 1.82) is 0 Å². The van der Waals surface area contributed by atoms with E-state index in [1.54, 1.807) is 0 Å². The van der Waals surface area contributed by atoms with Gasteiger partial charge in [0.15, 0.2) is 0 Å². The largest absolute Gasteiger partial charge is 0.396 e. The van der Waals surface area contributed by atoms with Crippen LogP contribution >= 0.6 is 0 Å². The van der Waals surface area contributed by atoms with Crippen molar-refractivity contribution in [3.05, 3.63) is 34.4 Å². The summed E-state index contributed by atoms with van der Waals surface area (Å²) < 4.78 is 0. The average molecular weight is 249 g/mol. The van der Waals surface area contributed by atoms with Gasteiger partial charge in [-0.25, -0.2) is 0 Å². The van der Waals surface area contributed by atoms with Crippen molar-refractivity contribution in [3.8, 4) is 0 Å². The molecule has 0 fully saturated rings. The van der Waals surface area contributed by atoms with E-state index in [4.69, 9.17) is 5.11 Å². The fourth-order valence-electron chi connectivity index (χ4n) is 2.68. The topological polar surface area (TPSA) is 32.3 Å². The number of rotatable bonds is 6. The molecule has 0 saturated heterocycles. The van der Waals surface area contributed by atoms with Crippen LogP contribution in [0.25, 0.3) is 0 Å². The Bertz CT molecular complexity index is 364. The molecule has 2 heteroatoms. The van der Waals surface area contributed by atoms with Gasteiger partial charge in [-0.2, -0.15) is 0 Å². The van der Waals surface area contributed by atoms with Gasteiger partial charge in [-0.3, -0.25) is 0 Å². The minimum Gasteiger partial charge on any atom is -0.396 e. The van der Waals surface area contributed by atoms with Gasteiger partial charge in [-0.05, 0) is 63.3 Å². The second-order valence-electron chi connectivity index (χ2n) is 5.56. The maximum absolute atomic E-state index is 8.91. The van der Waals surface area contributed by atoms with Crippen molar-refractivity contribution in [3.63, 3.8) is 0 Å². The second kappa shape index (κ2) is 6.91. The lowest BCUT2D eigenvalue weighted by Crippen LogP contribution is -2.26. The number of aliphatic hydroxyl groups excluding tert-OH is 1. The first-order valence-corrected chi connectivity index (χ1v) is 6.87. The Labute approximate surface area is 111 Å². The molecule has 2 N–H and O–H groups in total. The van der Waals surface area contributed by atoms with Crippen LogP contribution in [0, 0.1) is 26.7 Å². The number of aliphatic hydroxyl groups is 1. The van der Waals surface area contributed by atoms with E-state index in [0.717, 1.165) is 13.0 Å². The minimum atomic E-state index is 0.278. The van der Waals surface area contributed by atoms with Crippen LogP contribution < -0.4 is 5.32 Å². The Balaban J connectivity index is 2.70. The zero-order valence-electron chi connectivity index (χ0n) is 12.4. The number of benzene rings is 1. The van der Waals surface area contributed by atoms with Gasteiger partial charge in [0, 0.05) is 12.6 Å². The molecule has 0 aliphatic heterocycles. The maximum Gasteiger partial charge on any atom is 0.0434 e. The van der Waals surface area contributed by atoms with Gasteiger partial charge in [0.25, 0.3) is 0 Å². The molecule has 1 aromatic rings. The molecule has 0 bridgehead atoms. The highest BCUT2D eigenvalue weighted by atomic mass is 16.3. The third kappa shape index (κ3) is 4.11. The molecule has 0 aromatic heterocycles. The molecule has 0 heterocycles. The molecular formula is C16H27NO. The lowest BCUT2D eigenvalue weighted by Gasteiger charge is -2.21. The van der Waals surface area contributed by atoms with E-state index in [1.165, 1.54) is 22.3 Å². The fraction of sp³-hybridized carbons (Fsp3) is 0.625. The highest BCUT2D eigenvalue weighted by Gasteiger charge is 2.12. The van der Waals surface area contributed by atoms with E-state index in [9.17, 15) is 0 Å². The SMILES string of the molecule is Cc1cc(C)c(C(C)NCC(C)CCO)c(C)c1. The van der Waals surface area contributed by atoms with Crippen LogP contribution in [0.1, 0.15) is 48.6 Å². The van der Waals surface area contributed by atoms with Crippen LogP contribution in [-0.2, 0) is 0 Å². The van der Waals surface area contributed by atoms with E-state index in [2.05, 4.69) is 52.1 Å². The third-order valence-corrected chi connectivity index (χ3v) is 3.57. The maximum atomic E-state index is 8.91. The monoisotopic (exact) mass is 249 g/mol. The van der Waals surface area contributed by atoms with E-state index < -0.39 is 0 Å². The van der Waals surface area contributed by atoms with Crippen molar-refractivity contribution in [2.24, 2.45) is 5.92 Å². The molecule has 2 unspecified atom stereocenters. The summed E-state index contributed by atoms with van der Waals surface area (Å²) in [4.78, 5) is 0. The van der Waals surface area contributed by atoms with Crippen molar-refractivity contribution in [1.82, 2.24) is 5.32 Å². The Kier molecular flexibility index (Phi) is 5.83. The van der Waals surface area contributed by atoms with Crippen LogP contribution in [-0.4, -0.2) is 18.3 Å². The number of nitrogens with one attached hydrogen (secondary N) is 1. The normalized spacial score (nSPS) is 14.6. The molecule has 0 radical (unpaired) electrons. The molecule has 102 valence electrons. The molecule has 0 amide bonds. The Morgan fingerprint density at radius 3 is 2.17 bits per heavy atom. The Morgan fingerprint density at radius 2 is 1.67 bits per heavy atom. The van der Waals surface area contributed by atoms with Crippen molar-refractivity contribution >= 4 is 0 Å². The predicted molar refractivity (Wildman–Crippen MR) is 77.9 cm³/mol. The molecule has 0 aliphatic rings. The third-order valence-electron chi connectivity index (χ3n) is 3.57. The highest BCUT2D eigenvalue weighted by Crippen LogP contribution is 2.23. The summed E-state index contributed by atoms with van der Waals surface area (Å²) >= 11 is 0. The predicted octanol–water partition coefficient (Wildman–Crippen LogP) is 3.28. The first-order valence-electron chi connectivity index (χ1n) is 6.87. The summed E-state index contributed by atoms with van der Waals surface area (Å²) in [7, 11) is 0. The lowest BCUT2D eigenvalue weighted by atomic mass is 9.94. The molecular weight excluding hydrogens is 222 g/mol. The number of hydrogen-bond acceptors (Lipinski definition) is 2. The highest BCUT2D eigenvalue weighted by molar-refractivity contribution is 5.39. The standard InChI is InChI=1S/C16H27NO/c1-11(6-7-18)10-17-15(5)16-13(3)8-12(2)9-14(16)4/h8-9,11,15,17-18H,6-7,10H2,1-5H3. The lowest BCUT2D eigenvalue weighted by molar-refractivity contribution is 0.258. The van der Waals surface area contributed by atoms with E-state index >= 15 is 0 Å². The van der Waals surface area contributed by atoms with E-state index in [0.29, 0.717) is 12.0 Å². The van der Waals surface area contributed by atoms with Crippen LogP contribution in [0.5, 0.6) is 0 Å². The van der Waals surface area contributed by atoms with Crippen LogP contribution in [0.3, 0.4) is 0 Å². The summed E-state index contributed by atoms with van der Waals surface area (Å²) in [6.07, 6.45) is 0.867. The Hall–Kier alpha value is -0.860. The number of hydrogen-bond donors (Lipinski definition) is 2. The first-order chi connectivity index (χ1) is 8.45. The Morgan fingerprint density at radius 1 is 1.11 bits per heavy atom. The van der Waals surface area contributed by atoms with Gasteiger partial charge >= 0.3 is 0 Å². The van der Waals surface area contributed by atoms with Crippen LogP contribution in [0.15, 0.2) is 12.1 Å². The van der Waals surface area contributed by atoms with Crippen LogP contribution in [0.2, 0.25) is 0 Å². The fourth-order valence-corrected chi connectivity index (χ4v) is 2.68. The van der Waals surface area contributed by atoms with Crippen molar-refractivity contribution in [2.75, 3.05) is 13.2 Å². The van der Waals surface area contributed by atoms with E-state index in [-0.39, 0.29) is 6.61 Å². The van der Waals surface area contributed by atoms with Gasteiger partial charge in [0.1, 0.15) is 0 Å². The zero-order chi connectivity index (χ0) is 13.7. The second-order valence-corrected chi connectivity index (χ2v) is 5.56. The van der Waals surface area contributed by atoms with Gasteiger partial charge in [0.05, 0.1) is 0 Å². The summed E-state index contributed by atoms with van der Waals surface area (Å²) in [5, 5.41) is 12.5. The van der Waals surface area contributed by atoms with Crippen molar-refractivity contribution < 1.29 is 5.11 Å². The molecule has 18 heavy (non-hydrogen) atoms. The van der Waals surface area contributed by atoms with Crippen LogP contribution in [0.4, 0.5) is 0 Å². The molecule has 0 aliphatic carbocycles. The average Bonchev–Trinajstić information content (AvgIpc) is 2.25. The molecule has 0 spiro atoms. The minimum absolute atomic E-state index is 0.278. The van der Waals surface area contributed by atoms with Gasteiger partial charge in [-0.15, -0.1) is 0 Å². The summed E-state index contributed by atoms with van der Waals surface area (Å²) in [6, 6.07) is 4.86. The summed E-state index contributed by atoms with van der Waals surface area (Å²) in [5.41, 5.74) is 5.47. The molecule has 0 saturated carbocycles. The van der Waals surface area contributed by atoms with E-state index in [1.807, 2.05) is 0 Å². The quantitative estimate of drug-likeness (QED) is 0.811. The van der Waals surface area contributed by atoms with Gasteiger partial charge in [-0.1, -0.05) is 24.6 Å². The number of aryl methyl sites for hydroxylation is 3. The molecule has 1 rings (SSSR count). The summed E-state index contributed by atoms with van der Waals surface area (Å²) in [5.74, 6) is 0.517. The summed E-state index contributed by atoms with van der Waals surface area (Å²) in [6.45, 7) is 12.1. The smallest absolute Gasteiger partial charge is 0.0434 e. The van der Waals surface area contributed by atoms with Gasteiger partial charge in [0.2, 0.25) is 0 Å². The molecule has 1 aromatic carbocycles. The van der Waals surface area contributed by atoms with Gasteiger partial charge < -0.3 is 10.4 Å². The molecule has 2 atom stereocenters. The first kappa shape index (κ1) is 15.2.